The molecule has 5 nitrogen and oxygen atoms in total. The molecule has 0 amide bonds. The van der Waals surface area contributed by atoms with E-state index < -0.39 is 5.97 Å². The number of aromatic carboxylic acids is 1. The fraction of sp³-hybridized carbons (Fsp3) is 0.667. The van der Waals surface area contributed by atoms with Crippen LogP contribution >= 0.6 is 0 Å². The predicted molar refractivity (Wildman–Crippen MR) is 49.2 cm³/mol. The highest BCUT2D eigenvalue weighted by molar-refractivity contribution is 5.82. The van der Waals surface area contributed by atoms with E-state index >= 15 is 0 Å². The first-order valence-corrected chi connectivity index (χ1v) is 4.82. The zero-order chi connectivity index (χ0) is 10.1. The summed E-state index contributed by atoms with van der Waals surface area (Å²) in [4.78, 5) is 14.7. The first-order chi connectivity index (χ1) is 6.68. The molecule has 0 atom stereocenters. The van der Waals surface area contributed by atoms with Crippen LogP contribution in [-0.4, -0.2) is 25.8 Å². The standard InChI is InChI=1S/C9H13N3O2/c1-12-8(6-4-2-3-5-6)10-7(11-12)9(13)14/h6H,2-5H2,1H3,(H,13,14). The number of hydrogen-bond donors (Lipinski definition) is 1. The maximum absolute atomic E-state index is 10.6. The van der Waals surface area contributed by atoms with Gasteiger partial charge in [-0.2, -0.15) is 0 Å². The van der Waals surface area contributed by atoms with E-state index in [9.17, 15) is 4.79 Å². The van der Waals surface area contributed by atoms with Crippen LogP contribution in [0, 0.1) is 0 Å². The lowest BCUT2D eigenvalue weighted by Gasteiger charge is -2.05. The summed E-state index contributed by atoms with van der Waals surface area (Å²) in [7, 11) is 1.76. The molecule has 76 valence electrons. The van der Waals surface area contributed by atoms with E-state index in [2.05, 4.69) is 10.1 Å². The van der Waals surface area contributed by atoms with Gasteiger partial charge in [0.05, 0.1) is 0 Å². The molecule has 1 fully saturated rings. The van der Waals surface area contributed by atoms with Crippen LogP contribution in [0.1, 0.15) is 48.0 Å². The molecule has 1 aliphatic carbocycles. The second-order valence-electron chi connectivity index (χ2n) is 3.70. The lowest BCUT2D eigenvalue weighted by Crippen LogP contribution is -2.03. The van der Waals surface area contributed by atoms with Crippen LogP contribution in [0.2, 0.25) is 0 Å². The molecule has 1 saturated carbocycles. The van der Waals surface area contributed by atoms with Gasteiger partial charge in [0, 0.05) is 13.0 Å². The van der Waals surface area contributed by atoms with Gasteiger partial charge in [-0.1, -0.05) is 12.8 Å². The maximum Gasteiger partial charge on any atom is 0.375 e. The highest BCUT2D eigenvalue weighted by atomic mass is 16.4. The number of carboxylic acids is 1. The number of hydrogen-bond acceptors (Lipinski definition) is 3. The Kier molecular flexibility index (Phi) is 2.23. The first-order valence-electron chi connectivity index (χ1n) is 4.82. The molecule has 0 spiro atoms. The van der Waals surface area contributed by atoms with E-state index in [-0.39, 0.29) is 5.82 Å². The number of aryl methyl sites for hydroxylation is 1. The van der Waals surface area contributed by atoms with Crippen LogP contribution in [0.15, 0.2) is 0 Å². The van der Waals surface area contributed by atoms with Gasteiger partial charge in [0.1, 0.15) is 5.82 Å². The largest absolute Gasteiger partial charge is 0.475 e. The molecule has 0 aliphatic heterocycles. The normalized spacial score (nSPS) is 17.5. The highest BCUT2D eigenvalue weighted by Gasteiger charge is 2.23. The second-order valence-corrected chi connectivity index (χ2v) is 3.70. The van der Waals surface area contributed by atoms with Crippen molar-refractivity contribution in [1.29, 1.82) is 0 Å². The highest BCUT2D eigenvalue weighted by Crippen LogP contribution is 2.32. The van der Waals surface area contributed by atoms with Crippen molar-refractivity contribution in [3.05, 3.63) is 11.6 Å². The van der Waals surface area contributed by atoms with Crippen LogP contribution < -0.4 is 0 Å². The topological polar surface area (TPSA) is 68.0 Å². The third kappa shape index (κ3) is 1.49. The first kappa shape index (κ1) is 9.18. The molecular formula is C9H13N3O2. The fourth-order valence-corrected chi connectivity index (χ4v) is 2.03. The molecule has 14 heavy (non-hydrogen) atoms. The summed E-state index contributed by atoms with van der Waals surface area (Å²) in [6.45, 7) is 0. The SMILES string of the molecule is Cn1nc(C(=O)O)nc1C1CCCC1. The second kappa shape index (κ2) is 3.40. The molecule has 2 rings (SSSR count). The van der Waals surface area contributed by atoms with E-state index in [1.807, 2.05) is 0 Å². The van der Waals surface area contributed by atoms with Crippen molar-refractivity contribution in [3.8, 4) is 0 Å². The number of rotatable bonds is 2. The van der Waals surface area contributed by atoms with Crippen molar-refractivity contribution >= 4 is 5.97 Å². The molecule has 0 aromatic carbocycles. The molecule has 0 saturated heterocycles. The number of nitrogens with zero attached hydrogens (tertiary/aromatic N) is 3. The van der Waals surface area contributed by atoms with Crippen LogP contribution in [0.5, 0.6) is 0 Å². The Morgan fingerprint density at radius 3 is 2.64 bits per heavy atom. The zero-order valence-electron chi connectivity index (χ0n) is 8.10. The van der Waals surface area contributed by atoms with Crippen molar-refractivity contribution in [2.45, 2.75) is 31.6 Å². The van der Waals surface area contributed by atoms with Gasteiger partial charge >= 0.3 is 5.97 Å². The van der Waals surface area contributed by atoms with Gasteiger partial charge in [0.2, 0.25) is 0 Å². The van der Waals surface area contributed by atoms with Gasteiger partial charge in [0.25, 0.3) is 5.82 Å². The summed E-state index contributed by atoms with van der Waals surface area (Å²) in [5.41, 5.74) is 0. The molecule has 1 heterocycles. The molecular weight excluding hydrogens is 182 g/mol. The molecule has 1 aromatic heterocycles. The quantitative estimate of drug-likeness (QED) is 0.769. The van der Waals surface area contributed by atoms with Crippen LogP contribution in [-0.2, 0) is 7.05 Å². The molecule has 5 heteroatoms. The zero-order valence-corrected chi connectivity index (χ0v) is 8.10. The van der Waals surface area contributed by atoms with Crippen LogP contribution in [0.4, 0.5) is 0 Å². The Labute approximate surface area is 81.8 Å². The third-order valence-corrected chi connectivity index (χ3v) is 2.71. The Hall–Kier alpha value is -1.39. The lowest BCUT2D eigenvalue weighted by atomic mass is 10.1. The monoisotopic (exact) mass is 195 g/mol. The van der Waals surface area contributed by atoms with E-state index in [4.69, 9.17) is 5.11 Å². The average molecular weight is 195 g/mol. The molecule has 0 bridgehead atoms. The van der Waals surface area contributed by atoms with Gasteiger partial charge in [0.15, 0.2) is 0 Å². The number of aromatic nitrogens is 3. The Morgan fingerprint density at radius 1 is 1.50 bits per heavy atom. The van der Waals surface area contributed by atoms with E-state index in [0.29, 0.717) is 5.92 Å². The van der Waals surface area contributed by atoms with Crippen molar-refractivity contribution in [2.75, 3.05) is 0 Å². The molecule has 0 radical (unpaired) electrons. The van der Waals surface area contributed by atoms with Crippen LogP contribution in [0.3, 0.4) is 0 Å². The van der Waals surface area contributed by atoms with Gasteiger partial charge in [-0.3, -0.25) is 4.68 Å². The summed E-state index contributed by atoms with van der Waals surface area (Å²) in [5, 5.41) is 12.6. The van der Waals surface area contributed by atoms with E-state index in [0.717, 1.165) is 18.7 Å². The average Bonchev–Trinajstić information content (AvgIpc) is 2.71. The Bertz CT molecular complexity index is 353. The van der Waals surface area contributed by atoms with E-state index in [1.165, 1.54) is 12.8 Å². The summed E-state index contributed by atoms with van der Waals surface area (Å²) in [6.07, 6.45) is 4.62. The van der Waals surface area contributed by atoms with Crippen molar-refractivity contribution in [2.24, 2.45) is 7.05 Å². The number of carbonyl (C=O) groups is 1. The molecule has 1 aromatic rings. The van der Waals surface area contributed by atoms with Gasteiger partial charge in [-0.15, -0.1) is 5.10 Å². The molecule has 1 N–H and O–H groups in total. The predicted octanol–water partition coefficient (Wildman–Crippen LogP) is 1.17. The summed E-state index contributed by atoms with van der Waals surface area (Å²) in [6, 6.07) is 0. The lowest BCUT2D eigenvalue weighted by molar-refractivity contribution is 0.0683. The Balaban J connectivity index is 2.28. The van der Waals surface area contributed by atoms with Crippen molar-refractivity contribution in [1.82, 2.24) is 14.8 Å². The minimum atomic E-state index is -1.05. The Morgan fingerprint density at radius 2 is 2.14 bits per heavy atom. The smallest absolute Gasteiger partial charge is 0.375 e. The summed E-state index contributed by atoms with van der Waals surface area (Å²) < 4.78 is 1.60. The van der Waals surface area contributed by atoms with E-state index in [1.54, 1.807) is 11.7 Å². The fourth-order valence-electron chi connectivity index (χ4n) is 2.03. The minimum absolute atomic E-state index is 0.0885. The third-order valence-electron chi connectivity index (χ3n) is 2.71. The van der Waals surface area contributed by atoms with Gasteiger partial charge < -0.3 is 5.11 Å². The van der Waals surface area contributed by atoms with Crippen molar-refractivity contribution in [3.63, 3.8) is 0 Å². The molecule has 0 unspecified atom stereocenters. The van der Waals surface area contributed by atoms with Gasteiger partial charge in [-0.05, 0) is 12.8 Å². The maximum atomic E-state index is 10.6. The summed E-state index contributed by atoms with van der Waals surface area (Å²) in [5.74, 6) is 0.0831. The number of carboxylic acid groups (broad SMARTS) is 1. The summed E-state index contributed by atoms with van der Waals surface area (Å²) >= 11 is 0. The molecule has 1 aliphatic rings. The van der Waals surface area contributed by atoms with Crippen LogP contribution in [0.25, 0.3) is 0 Å². The van der Waals surface area contributed by atoms with Gasteiger partial charge in [-0.25, -0.2) is 9.78 Å². The minimum Gasteiger partial charge on any atom is -0.475 e. The van der Waals surface area contributed by atoms with Crippen molar-refractivity contribution < 1.29 is 9.90 Å².